The van der Waals surface area contributed by atoms with Crippen molar-refractivity contribution in [3.05, 3.63) is 28.8 Å². The molecule has 0 aliphatic heterocycles. The van der Waals surface area contributed by atoms with E-state index in [1.807, 2.05) is 12.1 Å². The summed E-state index contributed by atoms with van der Waals surface area (Å²) in [6, 6.07) is 6.35. The number of hydrogen-bond donors (Lipinski definition) is 1. The Balaban J connectivity index is 2.60. The first-order chi connectivity index (χ1) is 8.69. The van der Waals surface area contributed by atoms with E-state index in [9.17, 15) is 0 Å². The van der Waals surface area contributed by atoms with Gasteiger partial charge in [-0.25, -0.2) is 0 Å². The van der Waals surface area contributed by atoms with Crippen molar-refractivity contribution in [2.75, 3.05) is 25.2 Å². The molecule has 0 aromatic heterocycles. The summed E-state index contributed by atoms with van der Waals surface area (Å²) in [7, 11) is 0. The molecule has 0 saturated carbocycles. The zero-order valence-corrected chi connectivity index (χ0v) is 12.9. The summed E-state index contributed by atoms with van der Waals surface area (Å²) in [5.41, 5.74) is 1.20. The van der Waals surface area contributed by atoms with Crippen LogP contribution in [0.15, 0.2) is 18.2 Å². The molecule has 2 nitrogen and oxygen atoms in total. The highest BCUT2D eigenvalue weighted by atomic mass is 35.5. The number of benzene rings is 1. The van der Waals surface area contributed by atoms with E-state index in [2.05, 4.69) is 31.5 Å². The first-order valence-electron chi connectivity index (χ1n) is 6.33. The van der Waals surface area contributed by atoms with Crippen LogP contribution in [-0.2, 0) is 0 Å². The molecule has 1 aromatic rings. The van der Waals surface area contributed by atoms with E-state index >= 15 is 0 Å². The summed E-state index contributed by atoms with van der Waals surface area (Å²) < 4.78 is 5.62. The van der Waals surface area contributed by atoms with Gasteiger partial charge < -0.3 is 10.1 Å². The van der Waals surface area contributed by atoms with Gasteiger partial charge in [0, 0.05) is 11.8 Å². The molecule has 1 unspecified atom stereocenters. The summed E-state index contributed by atoms with van der Waals surface area (Å²) >= 11 is 7.99. The van der Waals surface area contributed by atoms with Crippen molar-refractivity contribution >= 4 is 23.4 Å². The maximum Gasteiger partial charge on any atom is 0.137 e. The van der Waals surface area contributed by atoms with E-state index in [-0.39, 0.29) is 0 Å². The Labute approximate surface area is 119 Å². The standard InChI is InChI=1S/C14H22ClNOS/c1-4-7-16-11(2)12-5-6-14(13(15)10-12)17-8-9-18-3/h5-6,10-11,16H,4,7-9H2,1-3H3. The van der Waals surface area contributed by atoms with Crippen LogP contribution in [0.2, 0.25) is 5.02 Å². The molecule has 1 atom stereocenters. The largest absolute Gasteiger partial charge is 0.491 e. The third-order valence-electron chi connectivity index (χ3n) is 2.70. The topological polar surface area (TPSA) is 21.3 Å². The fourth-order valence-corrected chi connectivity index (χ4v) is 2.11. The van der Waals surface area contributed by atoms with Crippen LogP contribution in [-0.4, -0.2) is 25.2 Å². The molecule has 4 heteroatoms. The van der Waals surface area contributed by atoms with Crippen LogP contribution in [0.4, 0.5) is 0 Å². The molecule has 0 aliphatic rings. The van der Waals surface area contributed by atoms with Gasteiger partial charge >= 0.3 is 0 Å². The fourth-order valence-electron chi connectivity index (χ4n) is 1.62. The van der Waals surface area contributed by atoms with E-state index in [1.165, 1.54) is 5.56 Å². The molecule has 1 N–H and O–H groups in total. The summed E-state index contributed by atoms with van der Waals surface area (Å²) in [5, 5.41) is 4.14. The highest BCUT2D eigenvalue weighted by Crippen LogP contribution is 2.28. The van der Waals surface area contributed by atoms with Gasteiger partial charge in [0.25, 0.3) is 0 Å². The van der Waals surface area contributed by atoms with Gasteiger partial charge in [0.1, 0.15) is 5.75 Å². The van der Waals surface area contributed by atoms with Gasteiger partial charge in [-0.3, -0.25) is 0 Å². The Hall–Kier alpha value is -0.380. The number of nitrogens with one attached hydrogen (secondary N) is 1. The Morgan fingerprint density at radius 3 is 2.83 bits per heavy atom. The summed E-state index contributed by atoms with van der Waals surface area (Å²) in [5.74, 6) is 1.75. The smallest absolute Gasteiger partial charge is 0.137 e. The Kier molecular flexibility index (Phi) is 7.56. The molecule has 1 rings (SSSR count). The Morgan fingerprint density at radius 1 is 1.44 bits per heavy atom. The van der Waals surface area contributed by atoms with Crippen molar-refractivity contribution in [2.45, 2.75) is 26.3 Å². The molecule has 18 heavy (non-hydrogen) atoms. The molecular weight excluding hydrogens is 266 g/mol. The molecule has 0 heterocycles. The molecule has 0 radical (unpaired) electrons. The van der Waals surface area contributed by atoms with Gasteiger partial charge in [-0.2, -0.15) is 11.8 Å². The molecule has 0 aliphatic carbocycles. The van der Waals surface area contributed by atoms with Gasteiger partial charge in [0.2, 0.25) is 0 Å². The first kappa shape index (κ1) is 15.7. The third kappa shape index (κ3) is 5.09. The van der Waals surface area contributed by atoms with E-state index in [4.69, 9.17) is 16.3 Å². The first-order valence-corrected chi connectivity index (χ1v) is 8.10. The van der Waals surface area contributed by atoms with Crippen LogP contribution in [0.1, 0.15) is 31.9 Å². The normalized spacial score (nSPS) is 12.4. The summed E-state index contributed by atoms with van der Waals surface area (Å²) in [6.07, 6.45) is 3.20. The molecule has 0 fully saturated rings. The van der Waals surface area contributed by atoms with E-state index < -0.39 is 0 Å². The van der Waals surface area contributed by atoms with Crippen LogP contribution in [0.5, 0.6) is 5.75 Å². The fraction of sp³-hybridized carbons (Fsp3) is 0.571. The molecule has 0 bridgehead atoms. The predicted octanol–water partition coefficient (Wildman–Crippen LogP) is 4.14. The second kappa shape index (κ2) is 8.68. The van der Waals surface area contributed by atoms with E-state index in [0.717, 1.165) is 24.5 Å². The molecule has 0 saturated heterocycles. The van der Waals surface area contributed by atoms with Crippen LogP contribution < -0.4 is 10.1 Å². The second-order valence-electron chi connectivity index (χ2n) is 4.21. The van der Waals surface area contributed by atoms with Crippen molar-refractivity contribution in [3.63, 3.8) is 0 Å². The number of halogens is 1. The molecule has 1 aromatic carbocycles. The minimum atomic E-state index is 0.322. The van der Waals surface area contributed by atoms with Gasteiger partial charge in [0.05, 0.1) is 11.6 Å². The van der Waals surface area contributed by atoms with Gasteiger partial charge in [-0.15, -0.1) is 0 Å². The van der Waals surface area contributed by atoms with Gasteiger partial charge in [0.15, 0.2) is 0 Å². The number of thioether (sulfide) groups is 1. The number of hydrogen-bond acceptors (Lipinski definition) is 3. The summed E-state index contributed by atoms with van der Waals surface area (Å²) in [4.78, 5) is 0. The van der Waals surface area contributed by atoms with Crippen molar-refractivity contribution in [3.8, 4) is 5.75 Å². The maximum atomic E-state index is 6.23. The highest BCUT2D eigenvalue weighted by Gasteiger charge is 2.08. The van der Waals surface area contributed by atoms with E-state index in [1.54, 1.807) is 11.8 Å². The van der Waals surface area contributed by atoms with Crippen LogP contribution >= 0.6 is 23.4 Å². The van der Waals surface area contributed by atoms with Gasteiger partial charge in [-0.1, -0.05) is 24.6 Å². The van der Waals surface area contributed by atoms with Gasteiger partial charge in [-0.05, 0) is 43.8 Å². The zero-order chi connectivity index (χ0) is 13.4. The lowest BCUT2D eigenvalue weighted by molar-refractivity contribution is 0.344. The highest BCUT2D eigenvalue weighted by molar-refractivity contribution is 7.98. The average Bonchev–Trinajstić information content (AvgIpc) is 2.38. The lowest BCUT2D eigenvalue weighted by Crippen LogP contribution is -2.19. The zero-order valence-electron chi connectivity index (χ0n) is 11.3. The maximum absolute atomic E-state index is 6.23. The molecule has 102 valence electrons. The average molecular weight is 288 g/mol. The Morgan fingerprint density at radius 2 is 2.22 bits per heavy atom. The second-order valence-corrected chi connectivity index (χ2v) is 5.60. The SMILES string of the molecule is CCCNC(C)c1ccc(OCCSC)c(Cl)c1. The van der Waals surface area contributed by atoms with E-state index in [0.29, 0.717) is 17.7 Å². The quantitative estimate of drug-likeness (QED) is 0.726. The van der Waals surface area contributed by atoms with Crippen molar-refractivity contribution in [1.29, 1.82) is 0 Å². The van der Waals surface area contributed by atoms with Crippen LogP contribution in [0.3, 0.4) is 0 Å². The van der Waals surface area contributed by atoms with Crippen molar-refractivity contribution in [1.82, 2.24) is 5.32 Å². The molecule has 0 spiro atoms. The van der Waals surface area contributed by atoms with Crippen molar-refractivity contribution in [2.24, 2.45) is 0 Å². The number of ether oxygens (including phenoxy) is 1. The Bertz CT molecular complexity index is 360. The monoisotopic (exact) mass is 287 g/mol. The lowest BCUT2D eigenvalue weighted by atomic mass is 10.1. The molecule has 0 amide bonds. The summed E-state index contributed by atoms with van der Waals surface area (Å²) in [6.45, 7) is 6.03. The third-order valence-corrected chi connectivity index (χ3v) is 3.57. The van der Waals surface area contributed by atoms with Crippen LogP contribution in [0, 0.1) is 0 Å². The minimum Gasteiger partial charge on any atom is -0.491 e. The molecular formula is C14H22ClNOS. The van der Waals surface area contributed by atoms with Crippen molar-refractivity contribution < 1.29 is 4.74 Å². The predicted molar refractivity (Wildman–Crippen MR) is 82.0 cm³/mol. The lowest BCUT2D eigenvalue weighted by Gasteiger charge is -2.15. The minimum absolute atomic E-state index is 0.322. The van der Waals surface area contributed by atoms with Crippen LogP contribution in [0.25, 0.3) is 0 Å². The number of rotatable bonds is 8.